The molecule has 0 unspecified atom stereocenters. The van der Waals surface area contributed by atoms with E-state index in [1.165, 1.54) is 11.8 Å². The van der Waals surface area contributed by atoms with Crippen LogP contribution in [-0.4, -0.2) is 35.3 Å². The SMILES string of the molecule is CCOC(=O)CCSc1c(C(=O)OCC)c2cc(C)ccn2c1C#N. The highest BCUT2D eigenvalue weighted by Gasteiger charge is 2.25. The number of aromatic nitrogens is 1. The van der Waals surface area contributed by atoms with E-state index in [0.29, 0.717) is 34.0 Å². The first-order valence-corrected chi connectivity index (χ1v) is 9.02. The first-order valence-electron chi connectivity index (χ1n) is 8.03. The molecule has 6 nitrogen and oxygen atoms in total. The van der Waals surface area contributed by atoms with Gasteiger partial charge in [-0.05, 0) is 38.5 Å². The highest BCUT2D eigenvalue weighted by Crippen LogP contribution is 2.34. The minimum atomic E-state index is -0.467. The molecule has 0 radical (unpaired) electrons. The monoisotopic (exact) mass is 360 g/mol. The van der Waals surface area contributed by atoms with Crippen molar-refractivity contribution in [1.82, 2.24) is 4.40 Å². The first-order chi connectivity index (χ1) is 12.0. The van der Waals surface area contributed by atoms with Crippen molar-refractivity contribution < 1.29 is 19.1 Å². The summed E-state index contributed by atoms with van der Waals surface area (Å²) < 4.78 is 11.8. The maximum Gasteiger partial charge on any atom is 0.341 e. The summed E-state index contributed by atoms with van der Waals surface area (Å²) in [7, 11) is 0. The number of carbonyl (C=O) groups excluding carboxylic acids is 2. The van der Waals surface area contributed by atoms with E-state index in [1.807, 2.05) is 19.1 Å². The van der Waals surface area contributed by atoms with E-state index in [4.69, 9.17) is 9.47 Å². The molecule has 0 aliphatic heterocycles. The van der Waals surface area contributed by atoms with Gasteiger partial charge in [0.2, 0.25) is 0 Å². The number of hydrogen-bond acceptors (Lipinski definition) is 6. The smallest absolute Gasteiger partial charge is 0.341 e. The fraction of sp³-hybridized carbons (Fsp3) is 0.389. The molecule has 2 aromatic heterocycles. The van der Waals surface area contributed by atoms with Gasteiger partial charge in [-0.15, -0.1) is 11.8 Å². The quantitative estimate of drug-likeness (QED) is 0.556. The van der Waals surface area contributed by atoms with Crippen molar-refractivity contribution in [3.63, 3.8) is 0 Å². The maximum atomic E-state index is 12.5. The predicted octanol–water partition coefficient (Wildman–Crippen LogP) is 3.34. The minimum absolute atomic E-state index is 0.205. The second kappa shape index (κ2) is 8.58. The number of fused-ring (bicyclic) bond motifs is 1. The van der Waals surface area contributed by atoms with Gasteiger partial charge in [-0.2, -0.15) is 5.26 Å². The molecule has 25 heavy (non-hydrogen) atoms. The number of pyridine rings is 1. The van der Waals surface area contributed by atoms with Crippen molar-refractivity contribution in [3.05, 3.63) is 35.2 Å². The molecule has 0 bridgehead atoms. The molecule has 0 saturated carbocycles. The number of hydrogen-bond donors (Lipinski definition) is 0. The number of carbonyl (C=O) groups is 2. The molecule has 0 spiro atoms. The van der Waals surface area contributed by atoms with Gasteiger partial charge in [0.25, 0.3) is 0 Å². The van der Waals surface area contributed by atoms with Crippen LogP contribution in [0.25, 0.3) is 5.52 Å². The molecule has 0 N–H and O–H groups in total. The zero-order valence-corrected chi connectivity index (χ0v) is 15.3. The van der Waals surface area contributed by atoms with Crippen LogP contribution >= 0.6 is 11.8 Å². The second-order valence-electron chi connectivity index (χ2n) is 5.25. The van der Waals surface area contributed by atoms with Gasteiger partial charge in [-0.3, -0.25) is 4.79 Å². The Labute approximate surface area is 150 Å². The van der Waals surface area contributed by atoms with Gasteiger partial charge in [0.1, 0.15) is 17.3 Å². The first kappa shape index (κ1) is 18.9. The molecule has 2 rings (SSSR count). The van der Waals surface area contributed by atoms with Crippen LogP contribution in [0.3, 0.4) is 0 Å². The third-order valence-corrected chi connectivity index (χ3v) is 4.59. The second-order valence-corrected chi connectivity index (χ2v) is 6.35. The lowest BCUT2D eigenvalue weighted by Crippen LogP contribution is -2.07. The number of ether oxygens (including phenoxy) is 2. The van der Waals surface area contributed by atoms with Crippen molar-refractivity contribution in [1.29, 1.82) is 5.26 Å². The Morgan fingerprint density at radius 2 is 2.00 bits per heavy atom. The molecule has 0 aliphatic carbocycles. The standard InChI is InChI=1S/C18H20N2O4S/c1-4-23-15(21)7-9-25-17-14(11-19)20-8-6-12(3)10-13(20)16(17)18(22)24-5-2/h6,8,10H,4-5,7,9H2,1-3H3. The van der Waals surface area contributed by atoms with Gasteiger partial charge in [0, 0.05) is 11.9 Å². The topological polar surface area (TPSA) is 80.8 Å². The van der Waals surface area contributed by atoms with Crippen LogP contribution < -0.4 is 0 Å². The highest BCUT2D eigenvalue weighted by molar-refractivity contribution is 7.99. The lowest BCUT2D eigenvalue weighted by molar-refractivity contribution is -0.142. The van der Waals surface area contributed by atoms with Crippen LogP contribution in [0.1, 0.15) is 41.9 Å². The Bertz CT molecular complexity index is 836. The van der Waals surface area contributed by atoms with Gasteiger partial charge in [0.05, 0.1) is 30.0 Å². The number of nitrogens with zero attached hydrogens (tertiary/aromatic N) is 2. The maximum absolute atomic E-state index is 12.5. The van der Waals surface area contributed by atoms with E-state index in [-0.39, 0.29) is 19.0 Å². The number of aryl methyl sites for hydroxylation is 1. The van der Waals surface area contributed by atoms with Crippen LogP contribution in [0.5, 0.6) is 0 Å². The molecule has 0 aromatic carbocycles. The summed E-state index contributed by atoms with van der Waals surface area (Å²) in [5.74, 6) is -0.355. The summed E-state index contributed by atoms with van der Waals surface area (Å²) in [6.07, 6.45) is 1.97. The van der Waals surface area contributed by atoms with Crippen LogP contribution in [0.15, 0.2) is 23.2 Å². The van der Waals surface area contributed by atoms with E-state index >= 15 is 0 Å². The molecule has 0 fully saturated rings. The Balaban J connectivity index is 2.45. The molecule has 7 heteroatoms. The van der Waals surface area contributed by atoms with Gasteiger partial charge in [-0.1, -0.05) is 0 Å². The predicted molar refractivity (Wildman–Crippen MR) is 94.8 cm³/mol. The molecule has 2 heterocycles. The minimum Gasteiger partial charge on any atom is -0.466 e. The Kier molecular flexibility index (Phi) is 6.48. The number of thioether (sulfide) groups is 1. The average molecular weight is 360 g/mol. The summed E-state index contributed by atoms with van der Waals surface area (Å²) in [6.45, 7) is 5.98. The van der Waals surface area contributed by atoms with E-state index < -0.39 is 5.97 Å². The van der Waals surface area contributed by atoms with Gasteiger partial charge >= 0.3 is 11.9 Å². The Hall–Kier alpha value is -2.46. The zero-order chi connectivity index (χ0) is 18.4. The third-order valence-electron chi connectivity index (χ3n) is 3.49. The molecular weight excluding hydrogens is 340 g/mol. The lowest BCUT2D eigenvalue weighted by Gasteiger charge is -2.05. The van der Waals surface area contributed by atoms with Crippen molar-refractivity contribution in [2.45, 2.75) is 32.1 Å². The van der Waals surface area contributed by atoms with E-state index in [2.05, 4.69) is 6.07 Å². The summed E-state index contributed by atoms with van der Waals surface area (Å²) in [5, 5.41) is 9.58. The van der Waals surface area contributed by atoms with Crippen LogP contribution in [0.2, 0.25) is 0 Å². The molecule has 132 valence electrons. The summed E-state index contributed by atoms with van der Waals surface area (Å²) in [5.41, 5.74) is 2.35. The van der Waals surface area contributed by atoms with E-state index in [1.54, 1.807) is 24.4 Å². The molecule has 0 atom stereocenters. The normalized spacial score (nSPS) is 10.5. The Morgan fingerprint density at radius 3 is 2.64 bits per heavy atom. The summed E-state index contributed by atoms with van der Waals surface area (Å²) in [6, 6.07) is 5.88. The van der Waals surface area contributed by atoms with Crippen molar-refractivity contribution >= 4 is 29.2 Å². The zero-order valence-electron chi connectivity index (χ0n) is 14.5. The average Bonchev–Trinajstić information content (AvgIpc) is 2.87. The highest BCUT2D eigenvalue weighted by atomic mass is 32.2. The van der Waals surface area contributed by atoms with Gasteiger partial charge in [0.15, 0.2) is 0 Å². The van der Waals surface area contributed by atoms with Crippen molar-refractivity contribution in [2.24, 2.45) is 0 Å². The van der Waals surface area contributed by atoms with Crippen molar-refractivity contribution in [3.8, 4) is 6.07 Å². The summed E-state index contributed by atoms with van der Waals surface area (Å²) >= 11 is 1.29. The van der Waals surface area contributed by atoms with Gasteiger partial charge < -0.3 is 13.9 Å². The number of rotatable bonds is 7. The van der Waals surface area contributed by atoms with Crippen molar-refractivity contribution in [2.75, 3.05) is 19.0 Å². The van der Waals surface area contributed by atoms with Gasteiger partial charge in [-0.25, -0.2) is 4.79 Å². The van der Waals surface area contributed by atoms with E-state index in [0.717, 1.165) is 5.56 Å². The molecule has 0 aliphatic rings. The lowest BCUT2D eigenvalue weighted by atomic mass is 10.2. The molecule has 0 saturated heterocycles. The number of nitriles is 1. The summed E-state index contributed by atoms with van der Waals surface area (Å²) in [4.78, 5) is 24.5. The third kappa shape index (κ3) is 4.15. The molecule has 2 aromatic rings. The van der Waals surface area contributed by atoms with Crippen LogP contribution in [0.4, 0.5) is 0 Å². The molecular formula is C18H20N2O4S. The Morgan fingerprint density at radius 1 is 1.28 bits per heavy atom. The largest absolute Gasteiger partial charge is 0.466 e. The van der Waals surface area contributed by atoms with Crippen LogP contribution in [0, 0.1) is 18.3 Å². The number of esters is 2. The van der Waals surface area contributed by atoms with Crippen LogP contribution in [-0.2, 0) is 14.3 Å². The molecule has 0 amide bonds. The fourth-order valence-electron chi connectivity index (χ4n) is 2.45. The van der Waals surface area contributed by atoms with E-state index in [9.17, 15) is 14.9 Å². The fourth-order valence-corrected chi connectivity index (χ4v) is 3.54.